The number of hydrogen-bond acceptors (Lipinski definition) is 4. The van der Waals surface area contributed by atoms with Gasteiger partial charge in [0.1, 0.15) is 12.7 Å². The molecule has 140 valence electrons. The molecule has 0 heterocycles. The quantitative estimate of drug-likeness (QED) is 0.477. The van der Waals surface area contributed by atoms with Crippen LogP contribution in [0.4, 0.5) is 0 Å². The number of hydrogen-bond donors (Lipinski definition) is 1. The van der Waals surface area contributed by atoms with E-state index in [4.69, 9.17) is 0 Å². The van der Waals surface area contributed by atoms with E-state index in [2.05, 4.69) is 20.7 Å². The molecule has 0 aliphatic rings. The van der Waals surface area contributed by atoms with Crippen molar-refractivity contribution in [1.29, 1.82) is 0 Å². The molecular weight excluding hydrogens is 408 g/mol. The summed E-state index contributed by atoms with van der Waals surface area (Å²) < 4.78 is 5.07. The van der Waals surface area contributed by atoms with Crippen LogP contribution in [0.1, 0.15) is 17.2 Å². The summed E-state index contributed by atoms with van der Waals surface area (Å²) in [5.74, 6) is 0. The normalized spacial score (nSPS) is 9.15. The summed E-state index contributed by atoms with van der Waals surface area (Å²) in [7, 11) is 0. The Morgan fingerprint density at radius 2 is 1.19 bits per heavy atom. The molecule has 0 unspecified atom stereocenters. The van der Waals surface area contributed by atoms with Crippen LogP contribution in [0.5, 0.6) is 0 Å². The van der Waals surface area contributed by atoms with E-state index in [0.717, 1.165) is 15.6 Å². The number of halogens is 1. The Morgan fingerprint density at radius 3 is 1.44 bits per heavy atom. The Balaban J connectivity index is 0.000000235. The van der Waals surface area contributed by atoms with Crippen molar-refractivity contribution >= 4 is 28.7 Å². The van der Waals surface area contributed by atoms with Crippen molar-refractivity contribution in [2.24, 2.45) is 0 Å². The van der Waals surface area contributed by atoms with E-state index in [1.807, 2.05) is 91.0 Å². The molecule has 27 heavy (non-hydrogen) atoms. The van der Waals surface area contributed by atoms with Crippen molar-refractivity contribution in [3.63, 3.8) is 0 Å². The number of benzene rings is 3. The average molecular weight is 429 g/mol. The van der Waals surface area contributed by atoms with Gasteiger partial charge in [-0.25, -0.2) is 0 Å². The van der Waals surface area contributed by atoms with Crippen LogP contribution in [-0.2, 0) is 14.3 Å². The zero-order valence-electron chi connectivity index (χ0n) is 14.6. The minimum Gasteiger partial charge on any atom is -0.460 e. The molecule has 0 amide bonds. The van der Waals surface area contributed by atoms with E-state index in [1.165, 1.54) is 0 Å². The van der Waals surface area contributed by atoms with Gasteiger partial charge in [0.2, 0.25) is 0 Å². The summed E-state index contributed by atoms with van der Waals surface area (Å²) in [6, 6.07) is 29.3. The lowest BCUT2D eigenvalue weighted by Crippen LogP contribution is -1.98. The van der Waals surface area contributed by atoms with Gasteiger partial charge >= 0.3 is 0 Å². The van der Waals surface area contributed by atoms with Gasteiger partial charge in [-0.3, -0.25) is 9.59 Å². The predicted octanol–water partition coefficient (Wildman–Crippen LogP) is 4.58. The second kappa shape index (κ2) is 14.4. The van der Waals surface area contributed by atoms with E-state index < -0.39 is 6.10 Å². The second-order valence-corrected chi connectivity index (χ2v) is 6.03. The number of carbonyl (C=O) groups excluding carboxylic acids is 2. The minimum absolute atomic E-state index is 0.135. The van der Waals surface area contributed by atoms with Crippen LogP contribution in [0.25, 0.3) is 0 Å². The maximum Gasteiger partial charge on any atom is 0.293 e. The van der Waals surface area contributed by atoms with Crippen molar-refractivity contribution in [2.45, 2.75) is 6.10 Å². The first-order valence-electron chi connectivity index (χ1n) is 8.16. The molecule has 0 aliphatic heterocycles. The van der Waals surface area contributed by atoms with Crippen LogP contribution in [-0.4, -0.2) is 24.5 Å². The van der Waals surface area contributed by atoms with E-state index in [-0.39, 0.29) is 13.1 Å². The number of aliphatic hydroxyl groups is 1. The molecule has 3 aromatic carbocycles. The van der Waals surface area contributed by atoms with Crippen LogP contribution in [0.2, 0.25) is 0 Å². The summed E-state index contributed by atoms with van der Waals surface area (Å²) >= 11 is 3.31. The molecule has 0 radical (unpaired) electrons. The van der Waals surface area contributed by atoms with Crippen LogP contribution >= 0.6 is 15.9 Å². The first-order chi connectivity index (χ1) is 13.2. The lowest BCUT2D eigenvalue weighted by Gasteiger charge is -2.10. The highest BCUT2D eigenvalue weighted by molar-refractivity contribution is 9.10. The van der Waals surface area contributed by atoms with Crippen LogP contribution in [0, 0.1) is 0 Å². The SMILES string of the molecule is Brc1ccccc1.O=CCOC=O.OC(c1ccccc1)c1ccccc1. The van der Waals surface area contributed by atoms with Crippen LogP contribution in [0.3, 0.4) is 0 Å². The molecule has 3 aromatic rings. The number of ether oxygens (including phenoxy) is 1. The summed E-state index contributed by atoms with van der Waals surface area (Å²) in [5, 5.41) is 9.99. The van der Waals surface area contributed by atoms with Crippen LogP contribution < -0.4 is 0 Å². The third-order valence-corrected chi connectivity index (χ3v) is 3.72. The van der Waals surface area contributed by atoms with Gasteiger partial charge in [-0.2, -0.15) is 0 Å². The molecule has 0 fully saturated rings. The molecule has 5 heteroatoms. The highest BCUT2D eigenvalue weighted by Crippen LogP contribution is 2.20. The summed E-state index contributed by atoms with van der Waals surface area (Å²) in [4.78, 5) is 18.5. The van der Waals surface area contributed by atoms with Crippen molar-refractivity contribution < 1.29 is 19.4 Å². The van der Waals surface area contributed by atoms with Gasteiger partial charge in [0.25, 0.3) is 6.47 Å². The van der Waals surface area contributed by atoms with Gasteiger partial charge in [0, 0.05) is 4.47 Å². The number of aliphatic hydroxyl groups excluding tert-OH is 1. The molecule has 1 N–H and O–H groups in total. The van der Waals surface area contributed by atoms with Crippen molar-refractivity contribution in [2.75, 3.05) is 6.61 Å². The molecule has 0 aromatic heterocycles. The second-order valence-electron chi connectivity index (χ2n) is 5.12. The van der Waals surface area contributed by atoms with Crippen molar-refractivity contribution in [3.05, 3.63) is 107 Å². The Kier molecular flexibility index (Phi) is 11.9. The Labute approximate surface area is 167 Å². The van der Waals surface area contributed by atoms with Crippen LogP contribution in [0.15, 0.2) is 95.5 Å². The van der Waals surface area contributed by atoms with Crippen molar-refractivity contribution in [1.82, 2.24) is 0 Å². The van der Waals surface area contributed by atoms with Gasteiger partial charge in [-0.15, -0.1) is 0 Å². The molecule has 0 spiro atoms. The topological polar surface area (TPSA) is 63.6 Å². The lowest BCUT2D eigenvalue weighted by molar-refractivity contribution is -0.132. The summed E-state index contributed by atoms with van der Waals surface area (Å²) in [6.45, 7) is 0.0951. The monoisotopic (exact) mass is 428 g/mol. The van der Waals surface area contributed by atoms with Gasteiger partial charge in [-0.05, 0) is 23.3 Å². The van der Waals surface area contributed by atoms with E-state index in [0.29, 0.717) is 6.29 Å². The fourth-order valence-electron chi connectivity index (χ4n) is 1.96. The predicted molar refractivity (Wildman–Crippen MR) is 109 cm³/mol. The van der Waals surface area contributed by atoms with E-state index in [9.17, 15) is 14.7 Å². The molecule has 0 bridgehead atoms. The van der Waals surface area contributed by atoms with Crippen molar-refractivity contribution in [3.8, 4) is 0 Å². The number of carbonyl (C=O) groups is 2. The number of aldehydes is 1. The molecular formula is C22H21BrO4. The highest BCUT2D eigenvalue weighted by Gasteiger charge is 2.07. The minimum atomic E-state index is -0.516. The third kappa shape index (κ3) is 10.1. The fraction of sp³-hybridized carbons (Fsp3) is 0.0909. The van der Waals surface area contributed by atoms with Gasteiger partial charge in [-0.1, -0.05) is 94.8 Å². The zero-order valence-corrected chi connectivity index (χ0v) is 16.2. The Hall–Kier alpha value is -2.76. The maximum atomic E-state index is 9.99. The average Bonchev–Trinajstić information content (AvgIpc) is 2.74. The largest absolute Gasteiger partial charge is 0.460 e. The van der Waals surface area contributed by atoms with Gasteiger partial charge < -0.3 is 9.84 Å². The first kappa shape index (κ1) is 22.3. The standard InChI is InChI=1S/C13H12O.C6H5Br.C3H4O3/c14-13(11-7-3-1-4-8-11)12-9-5-2-6-10-12;7-6-4-2-1-3-5-6;4-1-2-6-3-5/h1-10,13-14H;1-5H;1,3H,2H2. The van der Waals surface area contributed by atoms with Gasteiger partial charge in [0.05, 0.1) is 0 Å². The molecule has 0 atom stereocenters. The molecule has 4 nitrogen and oxygen atoms in total. The van der Waals surface area contributed by atoms with E-state index >= 15 is 0 Å². The summed E-state index contributed by atoms with van der Waals surface area (Å²) in [6.07, 6.45) is -0.00796. The van der Waals surface area contributed by atoms with Gasteiger partial charge in [0.15, 0.2) is 6.29 Å². The Bertz CT molecular complexity index is 702. The highest BCUT2D eigenvalue weighted by atomic mass is 79.9. The van der Waals surface area contributed by atoms with E-state index in [1.54, 1.807) is 0 Å². The zero-order chi connectivity index (χ0) is 19.7. The Morgan fingerprint density at radius 1 is 0.778 bits per heavy atom. The summed E-state index contributed by atoms with van der Waals surface area (Å²) in [5.41, 5.74) is 1.86. The lowest BCUT2D eigenvalue weighted by atomic mass is 10.0. The third-order valence-electron chi connectivity index (χ3n) is 3.20. The molecule has 0 saturated carbocycles. The molecule has 3 rings (SSSR count). The molecule has 0 aliphatic carbocycles. The fourth-order valence-corrected chi connectivity index (χ4v) is 2.26. The smallest absolute Gasteiger partial charge is 0.293 e. The molecule has 0 saturated heterocycles. The maximum absolute atomic E-state index is 9.99. The number of rotatable bonds is 5. The first-order valence-corrected chi connectivity index (χ1v) is 8.95.